The molecule has 0 aliphatic heterocycles. The average Bonchev–Trinajstić information content (AvgIpc) is 2.74. The molecule has 0 heterocycles. The Morgan fingerprint density at radius 1 is 0.333 bits per heavy atom. The topological polar surface area (TPSA) is 0 Å². The lowest BCUT2D eigenvalue weighted by Crippen LogP contribution is -2.05. The minimum Gasteiger partial charge on any atom is -0.0654 e. The lowest BCUT2D eigenvalue weighted by Gasteiger charge is -2.20. The predicted molar refractivity (Wildman–Crippen MR) is 140 cm³/mol. The van der Waals surface area contributed by atoms with Crippen molar-refractivity contribution in [2.45, 2.75) is 176 Å². The third-order valence-electron chi connectivity index (χ3n) is 7.49. The Labute approximate surface area is 193 Å². The lowest BCUT2D eigenvalue weighted by molar-refractivity contribution is 0.329. The second kappa shape index (κ2) is 23.7. The van der Waals surface area contributed by atoms with Crippen molar-refractivity contribution in [2.75, 3.05) is 0 Å². The molecule has 0 aromatic rings. The van der Waals surface area contributed by atoms with Gasteiger partial charge in [-0.05, 0) is 17.8 Å². The van der Waals surface area contributed by atoms with Crippen LogP contribution in [-0.2, 0) is 0 Å². The standard InChI is InChI=1S/C30H62/c1-6-10-14-21-29(22-15-11-7-2)25-19-18-20-28(5)26-27-30(23-16-12-8-3)24-17-13-9-4/h28-30H,6-27H2,1-5H3. The normalized spacial score (nSPS) is 12.9. The molecule has 0 rings (SSSR count). The number of rotatable bonds is 24. The Morgan fingerprint density at radius 2 is 0.633 bits per heavy atom. The van der Waals surface area contributed by atoms with Gasteiger partial charge in [0.25, 0.3) is 0 Å². The fourth-order valence-corrected chi connectivity index (χ4v) is 5.19. The van der Waals surface area contributed by atoms with E-state index in [1.54, 1.807) is 0 Å². The summed E-state index contributed by atoms with van der Waals surface area (Å²) in [6.45, 7) is 11.9. The first-order chi connectivity index (χ1) is 14.7. The minimum atomic E-state index is 0.948. The highest BCUT2D eigenvalue weighted by molar-refractivity contribution is 4.65. The first-order valence-corrected chi connectivity index (χ1v) is 14.7. The molecule has 0 aromatic carbocycles. The molecule has 1 unspecified atom stereocenters. The summed E-state index contributed by atoms with van der Waals surface area (Å²) in [7, 11) is 0. The molecule has 0 heteroatoms. The fraction of sp³-hybridized carbons (Fsp3) is 1.00. The second-order valence-corrected chi connectivity index (χ2v) is 10.7. The molecule has 0 spiro atoms. The van der Waals surface area contributed by atoms with E-state index < -0.39 is 0 Å². The molecule has 1 atom stereocenters. The summed E-state index contributed by atoms with van der Waals surface area (Å²) in [5.41, 5.74) is 0. The van der Waals surface area contributed by atoms with Gasteiger partial charge in [0, 0.05) is 0 Å². The van der Waals surface area contributed by atoms with Crippen molar-refractivity contribution in [3.05, 3.63) is 0 Å². The molecular weight excluding hydrogens is 360 g/mol. The van der Waals surface area contributed by atoms with Gasteiger partial charge in [-0.25, -0.2) is 0 Å². The van der Waals surface area contributed by atoms with E-state index >= 15 is 0 Å². The Kier molecular flexibility index (Phi) is 23.7. The Bertz CT molecular complexity index is 287. The van der Waals surface area contributed by atoms with Gasteiger partial charge >= 0.3 is 0 Å². The van der Waals surface area contributed by atoms with Crippen molar-refractivity contribution < 1.29 is 0 Å². The zero-order valence-corrected chi connectivity index (χ0v) is 22.3. The van der Waals surface area contributed by atoms with Gasteiger partial charge in [-0.2, -0.15) is 0 Å². The largest absolute Gasteiger partial charge is 0.0654 e. The van der Waals surface area contributed by atoms with Gasteiger partial charge in [-0.1, -0.05) is 176 Å². The van der Waals surface area contributed by atoms with Crippen LogP contribution in [0.15, 0.2) is 0 Å². The molecule has 0 nitrogen and oxygen atoms in total. The molecule has 0 bridgehead atoms. The first-order valence-electron chi connectivity index (χ1n) is 14.7. The van der Waals surface area contributed by atoms with Crippen molar-refractivity contribution >= 4 is 0 Å². The zero-order chi connectivity index (χ0) is 22.3. The van der Waals surface area contributed by atoms with Gasteiger partial charge in [0.1, 0.15) is 0 Å². The van der Waals surface area contributed by atoms with Crippen molar-refractivity contribution in [3.8, 4) is 0 Å². The summed E-state index contributed by atoms with van der Waals surface area (Å²) in [6, 6.07) is 0. The zero-order valence-electron chi connectivity index (χ0n) is 22.3. The van der Waals surface area contributed by atoms with Crippen molar-refractivity contribution in [2.24, 2.45) is 17.8 Å². The molecule has 30 heavy (non-hydrogen) atoms. The third-order valence-corrected chi connectivity index (χ3v) is 7.49. The Balaban J connectivity index is 4.04. The molecule has 0 aliphatic rings. The third kappa shape index (κ3) is 19.9. The van der Waals surface area contributed by atoms with Crippen LogP contribution in [-0.4, -0.2) is 0 Å². The summed E-state index contributed by atoms with van der Waals surface area (Å²) in [6.07, 6.45) is 32.1. The van der Waals surface area contributed by atoms with Gasteiger partial charge in [0.2, 0.25) is 0 Å². The SMILES string of the molecule is CCCCCC(CCCCC)CCCCC(C)CCC(CCCCC)CCCCC. The number of unbranched alkanes of at least 4 members (excludes halogenated alkanes) is 9. The van der Waals surface area contributed by atoms with Gasteiger partial charge in [0.05, 0.1) is 0 Å². The molecule has 182 valence electrons. The second-order valence-electron chi connectivity index (χ2n) is 10.7. The van der Waals surface area contributed by atoms with Crippen LogP contribution < -0.4 is 0 Å². The summed E-state index contributed by atoms with van der Waals surface area (Å²) < 4.78 is 0. The van der Waals surface area contributed by atoms with E-state index in [1.165, 1.54) is 141 Å². The highest BCUT2D eigenvalue weighted by atomic mass is 14.2. The Hall–Kier alpha value is 0. The van der Waals surface area contributed by atoms with E-state index in [0.717, 1.165) is 17.8 Å². The number of hydrogen-bond donors (Lipinski definition) is 0. The van der Waals surface area contributed by atoms with Crippen molar-refractivity contribution in [3.63, 3.8) is 0 Å². The summed E-state index contributed by atoms with van der Waals surface area (Å²) in [4.78, 5) is 0. The predicted octanol–water partition coefficient (Wildman–Crippen LogP) is 11.5. The van der Waals surface area contributed by atoms with Crippen LogP contribution in [0.5, 0.6) is 0 Å². The van der Waals surface area contributed by atoms with Crippen molar-refractivity contribution in [1.82, 2.24) is 0 Å². The van der Waals surface area contributed by atoms with Crippen LogP contribution >= 0.6 is 0 Å². The van der Waals surface area contributed by atoms with Crippen LogP contribution in [0.2, 0.25) is 0 Å². The monoisotopic (exact) mass is 422 g/mol. The van der Waals surface area contributed by atoms with Crippen LogP contribution in [0.25, 0.3) is 0 Å². The number of hydrogen-bond acceptors (Lipinski definition) is 0. The van der Waals surface area contributed by atoms with Gasteiger partial charge in [-0.3, -0.25) is 0 Å². The Morgan fingerprint density at radius 3 is 1.00 bits per heavy atom. The average molecular weight is 423 g/mol. The molecule has 0 amide bonds. The smallest absolute Gasteiger partial charge is 0.0414 e. The quantitative estimate of drug-likeness (QED) is 0.136. The molecule has 0 N–H and O–H groups in total. The highest BCUT2D eigenvalue weighted by Crippen LogP contribution is 2.27. The van der Waals surface area contributed by atoms with E-state index in [9.17, 15) is 0 Å². The fourth-order valence-electron chi connectivity index (χ4n) is 5.19. The molecule has 0 radical (unpaired) electrons. The summed E-state index contributed by atoms with van der Waals surface area (Å²) >= 11 is 0. The van der Waals surface area contributed by atoms with Gasteiger partial charge < -0.3 is 0 Å². The van der Waals surface area contributed by atoms with E-state index in [-0.39, 0.29) is 0 Å². The minimum absolute atomic E-state index is 0.948. The molecule has 0 saturated carbocycles. The van der Waals surface area contributed by atoms with E-state index in [0.29, 0.717) is 0 Å². The molecule has 0 saturated heterocycles. The molecule has 0 aromatic heterocycles. The van der Waals surface area contributed by atoms with E-state index in [1.807, 2.05) is 0 Å². The van der Waals surface area contributed by atoms with E-state index in [2.05, 4.69) is 34.6 Å². The summed E-state index contributed by atoms with van der Waals surface area (Å²) in [5, 5.41) is 0. The van der Waals surface area contributed by atoms with Crippen LogP contribution in [0.1, 0.15) is 176 Å². The highest BCUT2D eigenvalue weighted by Gasteiger charge is 2.12. The van der Waals surface area contributed by atoms with Gasteiger partial charge in [0.15, 0.2) is 0 Å². The maximum absolute atomic E-state index is 2.54. The molecule has 0 aliphatic carbocycles. The first kappa shape index (κ1) is 30.0. The van der Waals surface area contributed by atoms with Crippen LogP contribution in [0.4, 0.5) is 0 Å². The van der Waals surface area contributed by atoms with Crippen LogP contribution in [0, 0.1) is 17.8 Å². The molecule has 0 fully saturated rings. The van der Waals surface area contributed by atoms with Gasteiger partial charge in [-0.15, -0.1) is 0 Å². The maximum Gasteiger partial charge on any atom is -0.0414 e. The summed E-state index contributed by atoms with van der Waals surface area (Å²) in [5.74, 6) is 3.00. The van der Waals surface area contributed by atoms with Crippen LogP contribution in [0.3, 0.4) is 0 Å². The maximum atomic E-state index is 2.54. The van der Waals surface area contributed by atoms with Crippen molar-refractivity contribution in [1.29, 1.82) is 0 Å². The van der Waals surface area contributed by atoms with E-state index in [4.69, 9.17) is 0 Å². The lowest BCUT2D eigenvalue weighted by atomic mass is 9.86. The molecular formula is C30H62.